The Morgan fingerprint density at radius 1 is 1.20 bits per heavy atom. The van der Waals surface area contributed by atoms with Gasteiger partial charge in [0.1, 0.15) is 30.5 Å². The third kappa shape index (κ3) is 4.67. The molecule has 3 rings (SSSR count). The molecule has 0 fully saturated rings. The molecule has 2 aromatic heterocycles. The first-order chi connectivity index (χ1) is 14.1. The lowest BCUT2D eigenvalue weighted by atomic mass is 10.2. The summed E-state index contributed by atoms with van der Waals surface area (Å²) in [5.74, 6) is -2.22. The first-order valence-electron chi connectivity index (χ1n) is 8.72. The second-order valence-electron chi connectivity index (χ2n) is 6.53. The van der Waals surface area contributed by atoms with Gasteiger partial charge in [-0.2, -0.15) is 13.2 Å². The molecule has 0 saturated carbocycles. The number of imidazole rings is 1. The number of ether oxygens (including phenoxy) is 1. The fraction of sp³-hybridized carbons (Fsp3) is 0.263. The molecule has 0 atom stereocenters. The number of aryl methyl sites for hydroxylation is 2. The lowest BCUT2D eigenvalue weighted by Crippen LogP contribution is -2.43. The summed E-state index contributed by atoms with van der Waals surface area (Å²) in [5.41, 5.74) is 4.55. The van der Waals surface area contributed by atoms with E-state index in [1.165, 1.54) is 17.4 Å². The molecule has 3 aromatic rings. The summed E-state index contributed by atoms with van der Waals surface area (Å²) in [6, 6.07) is 5.01. The highest BCUT2D eigenvalue weighted by Gasteiger charge is 2.27. The number of benzene rings is 1. The van der Waals surface area contributed by atoms with Crippen LogP contribution in [0.2, 0.25) is 0 Å². The molecule has 0 aliphatic carbocycles. The van der Waals surface area contributed by atoms with Gasteiger partial charge in [0.15, 0.2) is 11.4 Å². The Morgan fingerprint density at radius 2 is 1.87 bits per heavy atom. The molecule has 0 saturated heterocycles. The van der Waals surface area contributed by atoms with Gasteiger partial charge in [0.2, 0.25) is 0 Å². The molecular formula is C19H17F5N4O2. The first-order valence-corrected chi connectivity index (χ1v) is 8.72. The Bertz CT molecular complexity index is 1070. The van der Waals surface area contributed by atoms with Crippen LogP contribution in [0.15, 0.2) is 30.5 Å². The topological polar surface area (TPSA) is 67.7 Å². The maximum Gasteiger partial charge on any atom is 0.402 e. The van der Waals surface area contributed by atoms with Gasteiger partial charge in [0.05, 0.1) is 11.3 Å². The van der Waals surface area contributed by atoms with Crippen molar-refractivity contribution in [3.05, 3.63) is 64.6 Å². The number of hydrazine groups is 1. The predicted molar refractivity (Wildman–Crippen MR) is 96.9 cm³/mol. The fourth-order valence-corrected chi connectivity index (χ4v) is 2.84. The largest absolute Gasteiger partial charge is 0.485 e. The molecule has 2 N–H and O–H groups in total. The highest BCUT2D eigenvalue weighted by atomic mass is 19.4. The van der Waals surface area contributed by atoms with Gasteiger partial charge in [-0.25, -0.2) is 19.2 Å². The molecule has 0 aliphatic heterocycles. The first kappa shape index (κ1) is 21.5. The van der Waals surface area contributed by atoms with Crippen LogP contribution >= 0.6 is 0 Å². The van der Waals surface area contributed by atoms with E-state index in [0.29, 0.717) is 5.56 Å². The van der Waals surface area contributed by atoms with Crippen molar-refractivity contribution < 1.29 is 31.5 Å². The van der Waals surface area contributed by atoms with Gasteiger partial charge < -0.3 is 4.74 Å². The van der Waals surface area contributed by atoms with Crippen LogP contribution < -0.4 is 15.6 Å². The van der Waals surface area contributed by atoms with E-state index in [1.54, 1.807) is 19.2 Å². The van der Waals surface area contributed by atoms with Gasteiger partial charge in [0.25, 0.3) is 5.91 Å². The number of amides is 1. The summed E-state index contributed by atoms with van der Waals surface area (Å²) >= 11 is 0. The van der Waals surface area contributed by atoms with Crippen molar-refractivity contribution in [1.82, 2.24) is 20.2 Å². The van der Waals surface area contributed by atoms with Crippen LogP contribution in [0.3, 0.4) is 0 Å². The number of carbonyl (C=O) groups excluding carboxylic acids is 1. The van der Waals surface area contributed by atoms with Crippen molar-refractivity contribution >= 4 is 11.6 Å². The van der Waals surface area contributed by atoms with E-state index >= 15 is 0 Å². The molecule has 30 heavy (non-hydrogen) atoms. The summed E-state index contributed by atoms with van der Waals surface area (Å²) in [5, 5.41) is 0. The number of alkyl halides is 3. The van der Waals surface area contributed by atoms with Crippen LogP contribution in [0.1, 0.15) is 27.3 Å². The van der Waals surface area contributed by atoms with Gasteiger partial charge in [-0.05, 0) is 37.6 Å². The van der Waals surface area contributed by atoms with Crippen molar-refractivity contribution in [3.63, 3.8) is 0 Å². The molecule has 0 spiro atoms. The lowest BCUT2D eigenvalue weighted by Gasteiger charge is -2.12. The van der Waals surface area contributed by atoms with E-state index in [9.17, 15) is 26.7 Å². The quantitative estimate of drug-likeness (QED) is 0.465. The summed E-state index contributed by atoms with van der Waals surface area (Å²) in [6.45, 7) is 1.37. The molecule has 0 radical (unpaired) electrons. The molecule has 6 nitrogen and oxygen atoms in total. The molecule has 160 valence electrons. The molecule has 1 amide bonds. The summed E-state index contributed by atoms with van der Waals surface area (Å²) < 4.78 is 71.4. The number of pyridine rings is 1. The van der Waals surface area contributed by atoms with Gasteiger partial charge in [-0.3, -0.25) is 14.6 Å². The Morgan fingerprint density at radius 3 is 2.50 bits per heavy atom. The zero-order valence-electron chi connectivity index (χ0n) is 15.9. The van der Waals surface area contributed by atoms with Crippen molar-refractivity contribution in [1.29, 1.82) is 0 Å². The highest BCUT2D eigenvalue weighted by molar-refractivity contribution is 5.94. The predicted octanol–water partition coefficient (Wildman–Crippen LogP) is 3.61. The lowest BCUT2D eigenvalue weighted by molar-refractivity contribution is -0.126. The second kappa shape index (κ2) is 8.27. The Hall–Kier alpha value is -3.21. The minimum Gasteiger partial charge on any atom is -0.485 e. The van der Waals surface area contributed by atoms with Gasteiger partial charge >= 0.3 is 6.18 Å². The average Bonchev–Trinajstić information content (AvgIpc) is 2.95. The SMILES string of the molecule is Cc1cc(OCc2c(F)cccc2F)c2nc(C)c(C(=O)NNCC(F)(F)F)n2c1. The number of nitrogens with zero attached hydrogens (tertiary/aromatic N) is 2. The monoisotopic (exact) mass is 428 g/mol. The van der Waals surface area contributed by atoms with Gasteiger partial charge in [-0.1, -0.05) is 6.07 Å². The smallest absolute Gasteiger partial charge is 0.402 e. The Balaban J connectivity index is 1.89. The summed E-state index contributed by atoms with van der Waals surface area (Å²) in [4.78, 5) is 16.6. The molecular weight excluding hydrogens is 411 g/mol. The maximum atomic E-state index is 13.8. The van der Waals surface area contributed by atoms with Gasteiger partial charge in [0, 0.05) is 6.20 Å². The molecule has 2 heterocycles. The zero-order valence-corrected chi connectivity index (χ0v) is 15.9. The third-order valence-electron chi connectivity index (χ3n) is 4.14. The van der Waals surface area contributed by atoms with Crippen molar-refractivity contribution in [2.75, 3.05) is 6.54 Å². The molecule has 1 aromatic carbocycles. The van der Waals surface area contributed by atoms with E-state index in [0.717, 1.165) is 12.1 Å². The number of nitrogens with one attached hydrogen (secondary N) is 2. The zero-order chi connectivity index (χ0) is 22.1. The van der Waals surface area contributed by atoms with Crippen LogP contribution in [-0.2, 0) is 6.61 Å². The van der Waals surface area contributed by atoms with E-state index in [-0.39, 0.29) is 28.3 Å². The number of rotatable bonds is 6. The van der Waals surface area contributed by atoms with E-state index < -0.39 is 36.9 Å². The minimum atomic E-state index is -4.50. The summed E-state index contributed by atoms with van der Waals surface area (Å²) in [7, 11) is 0. The second-order valence-corrected chi connectivity index (χ2v) is 6.53. The molecule has 0 aliphatic rings. The number of fused-ring (bicyclic) bond motifs is 1. The number of hydrogen-bond donors (Lipinski definition) is 2. The Kier molecular flexibility index (Phi) is 5.92. The highest BCUT2D eigenvalue weighted by Crippen LogP contribution is 2.26. The fourth-order valence-electron chi connectivity index (χ4n) is 2.84. The van der Waals surface area contributed by atoms with E-state index in [4.69, 9.17) is 4.74 Å². The number of carbonyl (C=O) groups is 1. The van der Waals surface area contributed by atoms with E-state index in [1.807, 2.05) is 10.9 Å². The average molecular weight is 428 g/mol. The van der Waals surface area contributed by atoms with Crippen LogP contribution in [0.25, 0.3) is 5.65 Å². The van der Waals surface area contributed by atoms with Crippen molar-refractivity contribution in [2.45, 2.75) is 26.6 Å². The Labute approximate surface area is 167 Å². The van der Waals surface area contributed by atoms with Crippen LogP contribution in [0.4, 0.5) is 22.0 Å². The molecule has 11 heteroatoms. The van der Waals surface area contributed by atoms with Gasteiger partial charge in [-0.15, -0.1) is 0 Å². The normalized spacial score (nSPS) is 11.7. The standard InChI is InChI=1S/C19H17F5N4O2/c1-10-6-15(30-8-12-13(20)4-3-5-14(12)21)17-26-11(2)16(28(17)7-10)18(29)27-25-9-19(22,23)24/h3-7,25H,8-9H2,1-2H3,(H,27,29). The number of hydrogen-bond acceptors (Lipinski definition) is 4. The number of aromatic nitrogens is 2. The molecule has 0 unspecified atom stereocenters. The molecule has 0 bridgehead atoms. The summed E-state index contributed by atoms with van der Waals surface area (Å²) in [6.07, 6.45) is -2.95. The third-order valence-corrected chi connectivity index (χ3v) is 4.14. The van der Waals surface area contributed by atoms with Crippen LogP contribution in [-0.4, -0.2) is 28.0 Å². The van der Waals surface area contributed by atoms with Crippen LogP contribution in [0, 0.1) is 25.5 Å². The van der Waals surface area contributed by atoms with Crippen LogP contribution in [0.5, 0.6) is 5.75 Å². The van der Waals surface area contributed by atoms with Crippen molar-refractivity contribution in [2.24, 2.45) is 0 Å². The maximum absolute atomic E-state index is 13.8. The van der Waals surface area contributed by atoms with E-state index in [2.05, 4.69) is 4.98 Å². The number of halogens is 5. The van der Waals surface area contributed by atoms with Crippen molar-refractivity contribution in [3.8, 4) is 5.75 Å². The minimum absolute atomic E-state index is 0.00898.